The van der Waals surface area contributed by atoms with Crippen LogP contribution >= 0.6 is 21.6 Å². The molecule has 1 aromatic carbocycles. The van der Waals surface area contributed by atoms with E-state index in [1.807, 2.05) is 18.2 Å². The second-order valence-electron chi connectivity index (χ2n) is 6.12. The Morgan fingerprint density at radius 3 is 2.60 bits per heavy atom. The Kier molecular flexibility index (Phi) is 10.9. The normalized spacial score (nSPS) is 10.4. The number of nitrogens with two attached hydrogens (primary N) is 1. The smallest absolute Gasteiger partial charge is 0.250 e. The van der Waals surface area contributed by atoms with Crippen LogP contribution in [0, 0.1) is 0 Å². The minimum Gasteiger partial charge on any atom is -0.872 e. The number of unbranched alkanes of at least 4 members (excludes halogenated alkanes) is 1. The number of hydrazine groups is 2. The maximum absolute atomic E-state index is 12.1. The molecule has 0 fully saturated rings. The van der Waals surface area contributed by atoms with Crippen LogP contribution in [0.1, 0.15) is 29.6 Å². The quantitative estimate of drug-likeness (QED) is 0.133. The van der Waals surface area contributed by atoms with Gasteiger partial charge in [0.15, 0.2) is 0 Å². The molecule has 0 bridgehead atoms. The number of hydrogen-bond donors (Lipinski definition) is 5. The van der Waals surface area contributed by atoms with Crippen LogP contribution in [-0.4, -0.2) is 35.6 Å². The summed E-state index contributed by atoms with van der Waals surface area (Å²) in [6, 6.07) is 10.0. The third-order valence-electron chi connectivity index (χ3n) is 3.85. The lowest BCUT2D eigenvalue weighted by atomic mass is 10.1. The van der Waals surface area contributed by atoms with E-state index in [4.69, 9.17) is 5.84 Å². The van der Waals surface area contributed by atoms with E-state index in [1.165, 1.54) is 12.1 Å². The summed E-state index contributed by atoms with van der Waals surface area (Å²) in [7, 11) is 3.15. The third-order valence-corrected chi connectivity index (χ3v) is 6.12. The van der Waals surface area contributed by atoms with Crippen LogP contribution in [-0.2, 0) is 4.79 Å². The number of benzene rings is 1. The molecule has 1 heterocycles. The van der Waals surface area contributed by atoms with Gasteiger partial charge in [-0.15, -0.1) is 0 Å². The first-order valence-corrected chi connectivity index (χ1v) is 11.7. The number of carbonyl (C=O) groups is 2. The van der Waals surface area contributed by atoms with Gasteiger partial charge < -0.3 is 21.2 Å². The highest BCUT2D eigenvalue weighted by Crippen LogP contribution is 2.29. The molecular weight excluding hydrogens is 424 g/mol. The van der Waals surface area contributed by atoms with Crippen molar-refractivity contribution in [3.63, 3.8) is 0 Å². The van der Waals surface area contributed by atoms with Crippen LogP contribution in [0.5, 0.6) is 5.75 Å². The van der Waals surface area contributed by atoms with Crippen molar-refractivity contribution in [1.29, 1.82) is 0 Å². The SMILES string of the molecule is NNNc1ccc(C(=O)NCCCCNC(=O)CCSSc2ccccn2)c([O-])c1. The number of nitrogens with zero attached hydrogens (tertiary/aromatic N) is 1. The highest BCUT2D eigenvalue weighted by Gasteiger charge is 2.07. The maximum atomic E-state index is 12.1. The summed E-state index contributed by atoms with van der Waals surface area (Å²) in [6.45, 7) is 0.973. The molecule has 0 atom stereocenters. The van der Waals surface area contributed by atoms with Gasteiger partial charge in [-0.1, -0.05) is 22.6 Å². The third kappa shape index (κ3) is 8.91. The molecule has 0 aliphatic carbocycles. The average molecular weight is 450 g/mol. The van der Waals surface area contributed by atoms with Gasteiger partial charge in [0.05, 0.1) is 0 Å². The summed E-state index contributed by atoms with van der Waals surface area (Å²) >= 11 is 0. The van der Waals surface area contributed by atoms with Crippen LogP contribution in [0.3, 0.4) is 0 Å². The summed E-state index contributed by atoms with van der Waals surface area (Å²) in [5, 5.41) is 18.4. The zero-order chi connectivity index (χ0) is 21.6. The Hall–Kier alpha value is -2.47. The Morgan fingerprint density at radius 1 is 1.10 bits per heavy atom. The minimum atomic E-state index is -0.418. The van der Waals surface area contributed by atoms with Crippen LogP contribution in [0.4, 0.5) is 5.69 Å². The van der Waals surface area contributed by atoms with Crippen molar-refractivity contribution in [3.05, 3.63) is 48.2 Å². The van der Waals surface area contributed by atoms with E-state index in [0.717, 1.165) is 11.4 Å². The standard InChI is InChI=1S/C19H26N6O3S2/c20-25-24-14-6-7-15(16(26)13-14)19(28)23-11-4-3-9-21-17(27)8-12-29-30-18-5-1-2-10-22-18/h1-2,5-7,10,13,24-26H,3-4,8-9,11-12,20H2,(H,21,27)(H,23,28)/p-1. The van der Waals surface area contributed by atoms with Crippen LogP contribution in [0.25, 0.3) is 0 Å². The molecule has 2 aromatic rings. The van der Waals surface area contributed by atoms with E-state index in [0.29, 0.717) is 37.4 Å². The molecule has 0 aliphatic heterocycles. The second-order valence-corrected chi connectivity index (χ2v) is 8.55. The monoisotopic (exact) mass is 449 g/mol. The van der Waals surface area contributed by atoms with E-state index in [-0.39, 0.29) is 17.2 Å². The van der Waals surface area contributed by atoms with Crippen molar-refractivity contribution in [2.24, 2.45) is 5.84 Å². The molecule has 2 rings (SSSR count). The number of anilines is 1. The summed E-state index contributed by atoms with van der Waals surface area (Å²) in [5.74, 6) is 5.01. The topological polar surface area (TPSA) is 144 Å². The lowest BCUT2D eigenvalue weighted by Crippen LogP contribution is -2.29. The molecule has 0 aliphatic rings. The zero-order valence-corrected chi connectivity index (χ0v) is 18.0. The van der Waals surface area contributed by atoms with Gasteiger partial charge in [-0.25, -0.2) is 4.98 Å². The van der Waals surface area contributed by atoms with Gasteiger partial charge in [0.2, 0.25) is 5.91 Å². The first-order chi connectivity index (χ1) is 14.6. The molecule has 6 N–H and O–H groups in total. The van der Waals surface area contributed by atoms with Crippen LogP contribution < -0.4 is 32.5 Å². The molecule has 30 heavy (non-hydrogen) atoms. The Bertz CT molecular complexity index is 810. The van der Waals surface area contributed by atoms with Crippen LogP contribution in [0.2, 0.25) is 0 Å². The summed E-state index contributed by atoms with van der Waals surface area (Å²) in [4.78, 5) is 28.1. The maximum Gasteiger partial charge on any atom is 0.250 e. The van der Waals surface area contributed by atoms with Crippen molar-refractivity contribution in [2.45, 2.75) is 24.3 Å². The van der Waals surface area contributed by atoms with E-state index < -0.39 is 5.91 Å². The molecule has 0 unspecified atom stereocenters. The number of carbonyl (C=O) groups excluding carboxylic acids is 2. The molecule has 1 aromatic heterocycles. The van der Waals surface area contributed by atoms with Gasteiger partial charge in [-0.2, -0.15) is 5.53 Å². The van der Waals surface area contributed by atoms with Crippen molar-refractivity contribution in [2.75, 3.05) is 24.3 Å². The predicted octanol–water partition coefficient (Wildman–Crippen LogP) is 1.40. The van der Waals surface area contributed by atoms with Gasteiger partial charge in [0.25, 0.3) is 5.91 Å². The fourth-order valence-corrected chi connectivity index (χ4v) is 4.24. The van der Waals surface area contributed by atoms with Gasteiger partial charge >= 0.3 is 0 Å². The average Bonchev–Trinajstić information content (AvgIpc) is 2.74. The van der Waals surface area contributed by atoms with Crippen molar-refractivity contribution < 1.29 is 14.7 Å². The number of rotatable bonds is 13. The Balaban J connectivity index is 1.52. The zero-order valence-electron chi connectivity index (χ0n) is 16.3. The highest BCUT2D eigenvalue weighted by molar-refractivity contribution is 8.76. The fourth-order valence-electron chi connectivity index (χ4n) is 2.37. The largest absolute Gasteiger partial charge is 0.872 e. The van der Waals surface area contributed by atoms with Gasteiger partial charge in [-0.05, 0) is 54.0 Å². The van der Waals surface area contributed by atoms with E-state index in [9.17, 15) is 14.7 Å². The lowest BCUT2D eigenvalue weighted by Gasteiger charge is -2.15. The Morgan fingerprint density at radius 2 is 1.90 bits per heavy atom. The first kappa shape index (κ1) is 23.8. The molecule has 0 saturated heterocycles. The summed E-state index contributed by atoms with van der Waals surface area (Å²) in [5.41, 5.74) is 5.34. The predicted molar refractivity (Wildman–Crippen MR) is 119 cm³/mol. The fraction of sp³-hybridized carbons (Fsp3) is 0.316. The van der Waals surface area contributed by atoms with Gasteiger partial charge in [0, 0.05) is 42.7 Å². The van der Waals surface area contributed by atoms with E-state index in [1.54, 1.807) is 33.9 Å². The van der Waals surface area contributed by atoms with Crippen molar-refractivity contribution in [1.82, 2.24) is 21.2 Å². The van der Waals surface area contributed by atoms with Crippen molar-refractivity contribution >= 4 is 39.1 Å². The molecular formula is C19H25N6O3S2-. The number of nitrogens with one attached hydrogen (secondary N) is 4. The van der Waals surface area contributed by atoms with E-state index >= 15 is 0 Å². The summed E-state index contributed by atoms with van der Waals surface area (Å²) in [6.07, 6.45) is 3.61. The second kappa shape index (κ2) is 13.7. The highest BCUT2D eigenvalue weighted by atomic mass is 33.1. The molecule has 0 saturated carbocycles. The number of aromatic nitrogens is 1. The molecule has 162 valence electrons. The number of pyridine rings is 1. The lowest BCUT2D eigenvalue weighted by molar-refractivity contribution is -0.268. The first-order valence-electron chi connectivity index (χ1n) is 9.38. The van der Waals surface area contributed by atoms with E-state index in [2.05, 4.69) is 26.6 Å². The number of hydrogen-bond acceptors (Lipinski definition) is 9. The summed E-state index contributed by atoms with van der Waals surface area (Å²) < 4.78 is 0. The molecule has 0 spiro atoms. The molecule has 9 nitrogen and oxygen atoms in total. The van der Waals surface area contributed by atoms with Crippen molar-refractivity contribution in [3.8, 4) is 5.75 Å². The molecule has 0 radical (unpaired) electrons. The minimum absolute atomic E-state index is 0.00446. The van der Waals surface area contributed by atoms with Gasteiger partial charge in [0.1, 0.15) is 5.03 Å². The van der Waals surface area contributed by atoms with Crippen LogP contribution in [0.15, 0.2) is 47.6 Å². The van der Waals surface area contributed by atoms with Gasteiger partial charge in [-0.3, -0.25) is 15.4 Å². The Labute approximate surface area is 183 Å². The molecule has 2 amide bonds. The molecule has 11 heteroatoms. The number of amides is 2.